The number of hydrogen-bond donors (Lipinski definition) is 3. The van der Waals surface area contributed by atoms with E-state index in [0.717, 1.165) is 0 Å². The van der Waals surface area contributed by atoms with Gasteiger partial charge in [-0.2, -0.15) is 0 Å². The van der Waals surface area contributed by atoms with E-state index < -0.39 is 0 Å². The molecule has 0 aromatic heterocycles. The van der Waals surface area contributed by atoms with E-state index in [4.69, 9.17) is 15.3 Å². The molecule has 5 nitrogen and oxygen atoms in total. The van der Waals surface area contributed by atoms with E-state index in [-0.39, 0.29) is 25.3 Å². The molecule has 0 aliphatic heterocycles. The topological polar surface area (TPSA) is 95.4 Å². The monoisotopic (exact) mass is 167 g/mol. The van der Waals surface area contributed by atoms with Crippen LogP contribution >= 0.6 is 0 Å². The summed E-state index contributed by atoms with van der Waals surface area (Å²) in [5.74, 6) is 0. The van der Waals surface area contributed by atoms with Crippen LogP contribution in [0.3, 0.4) is 0 Å². The minimum absolute atomic E-state index is 0. The van der Waals surface area contributed by atoms with Gasteiger partial charge in [0, 0.05) is 19.6 Å². The van der Waals surface area contributed by atoms with Gasteiger partial charge in [0.25, 0.3) is 0 Å². The first-order valence-corrected chi connectivity index (χ1v) is 3.40. The fourth-order valence-corrected chi connectivity index (χ4v) is 0.760. The molecule has 70 valence electrons. The lowest BCUT2D eigenvalue weighted by Crippen LogP contribution is -2.32. The third-order valence-electron chi connectivity index (χ3n) is 1.25. The molecule has 0 saturated carbocycles. The second-order valence-electron chi connectivity index (χ2n) is 2.01. The average molecular weight is 167 g/mol. The highest BCUT2D eigenvalue weighted by Crippen LogP contribution is 1.84. The first-order chi connectivity index (χ1) is 4.85. The van der Waals surface area contributed by atoms with Crippen molar-refractivity contribution in [1.82, 2.24) is 4.90 Å². The molecule has 5 heteroatoms. The van der Waals surface area contributed by atoms with Gasteiger partial charge in [0.05, 0.1) is 19.8 Å². The molecule has 0 radical (unpaired) electrons. The van der Waals surface area contributed by atoms with Crippen LogP contribution < -0.4 is 0 Å². The quantitative estimate of drug-likeness (QED) is 0.405. The van der Waals surface area contributed by atoms with E-state index in [1.807, 2.05) is 0 Å². The lowest BCUT2D eigenvalue weighted by molar-refractivity contribution is 0.136. The molecule has 0 rings (SSSR count). The molecule has 0 saturated heterocycles. The van der Waals surface area contributed by atoms with Crippen LogP contribution in [-0.2, 0) is 0 Å². The van der Waals surface area contributed by atoms with Crippen molar-refractivity contribution in [3.05, 3.63) is 0 Å². The van der Waals surface area contributed by atoms with E-state index in [0.29, 0.717) is 19.6 Å². The van der Waals surface area contributed by atoms with Gasteiger partial charge in [-0.15, -0.1) is 0 Å². The van der Waals surface area contributed by atoms with Crippen molar-refractivity contribution < 1.29 is 20.8 Å². The Hall–Kier alpha value is -0.200. The molecule has 0 fully saturated rings. The number of aliphatic hydroxyl groups is 3. The Morgan fingerprint density at radius 2 is 1.00 bits per heavy atom. The first-order valence-electron chi connectivity index (χ1n) is 3.40. The lowest BCUT2D eigenvalue weighted by atomic mass is 10.4. The Morgan fingerprint density at radius 3 is 1.18 bits per heavy atom. The zero-order chi connectivity index (χ0) is 7.82. The third kappa shape index (κ3) is 7.70. The zero-order valence-electron chi connectivity index (χ0n) is 6.53. The van der Waals surface area contributed by atoms with Crippen LogP contribution in [0.1, 0.15) is 0 Å². The van der Waals surface area contributed by atoms with E-state index in [1.54, 1.807) is 4.90 Å². The van der Waals surface area contributed by atoms with Gasteiger partial charge < -0.3 is 20.8 Å². The average Bonchev–Trinajstić information content (AvgIpc) is 1.90. The summed E-state index contributed by atoms with van der Waals surface area (Å²) in [4.78, 5) is 1.79. The smallest absolute Gasteiger partial charge is 0.0558 e. The summed E-state index contributed by atoms with van der Waals surface area (Å²) >= 11 is 0. The van der Waals surface area contributed by atoms with Gasteiger partial charge in [-0.05, 0) is 0 Å². The Kier molecular flexibility index (Phi) is 11.9. The minimum atomic E-state index is 0. The first kappa shape index (κ1) is 13.4. The number of hydrogen-bond acceptors (Lipinski definition) is 4. The summed E-state index contributed by atoms with van der Waals surface area (Å²) in [6, 6.07) is 0. The number of rotatable bonds is 6. The fraction of sp³-hybridized carbons (Fsp3) is 1.00. The Morgan fingerprint density at radius 1 is 0.727 bits per heavy atom. The molecule has 0 unspecified atom stereocenters. The van der Waals surface area contributed by atoms with Crippen LogP contribution in [0.4, 0.5) is 0 Å². The molecular formula is C6H17NO4. The van der Waals surface area contributed by atoms with E-state index in [2.05, 4.69) is 0 Å². The Labute approximate surface area is 66.2 Å². The molecule has 0 bridgehead atoms. The van der Waals surface area contributed by atoms with Crippen molar-refractivity contribution in [1.29, 1.82) is 0 Å². The number of nitrogens with zero attached hydrogens (tertiary/aromatic N) is 1. The summed E-state index contributed by atoms with van der Waals surface area (Å²) in [5.41, 5.74) is 0. The highest BCUT2D eigenvalue weighted by molar-refractivity contribution is 4.54. The van der Waals surface area contributed by atoms with Gasteiger partial charge in [0.15, 0.2) is 0 Å². The molecule has 0 aromatic rings. The molecule has 0 aliphatic carbocycles. The van der Waals surface area contributed by atoms with Crippen molar-refractivity contribution in [3.63, 3.8) is 0 Å². The lowest BCUT2D eigenvalue weighted by Gasteiger charge is -2.17. The highest BCUT2D eigenvalue weighted by atomic mass is 16.3. The summed E-state index contributed by atoms with van der Waals surface area (Å²) in [5, 5.41) is 25.5. The third-order valence-corrected chi connectivity index (χ3v) is 1.25. The molecule has 0 amide bonds. The normalized spacial score (nSPS) is 9.82. The van der Waals surface area contributed by atoms with Gasteiger partial charge in [0.1, 0.15) is 0 Å². The summed E-state index contributed by atoms with van der Waals surface area (Å²) in [6.45, 7) is 1.75. The van der Waals surface area contributed by atoms with Gasteiger partial charge in [-0.25, -0.2) is 0 Å². The molecule has 0 atom stereocenters. The molecule has 0 heterocycles. The van der Waals surface area contributed by atoms with Crippen molar-refractivity contribution in [2.75, 3.05) is 39.5 Å². The predicted octanol–water partition coefficient (Wildman–Crippen LogP) is -2.56. The maximum atomic E-state index is 8.48. The Bertz CT molecular complexity index is 57.3. The van der Waals surface area contributed by atoms with E-state index in [9.17, 15) is 0 Å². The highest BCUT2D eigenvalue weighted by Gasteiger charge is 2.00. The minimum Gasteiger partial charge on any atom is -0.412 e. The summed E-state index contributed by atoms with van der Waals surface area (Å²) in [6.07, 6.45) is 0. The number of aliphatic hydroxyl groups excluding tert-OH is 3. The van der Waals surface area contributed by atoms with Gasteiger partial charge in [0.2, 0.25) is 0 Å². The van der Waals surface area contributed by atoms with Crippen LogP contribution in [0.2, 0.25) is 0 Å². The van der Waals surface area contributed by atoms with Crippen LogP contribution in [0.15, 0.2) is 0 Å². The molecule has 0 aliphatic rings. The summed E-state index contributed by atoms with van der Waals surface area (Å²) in [7, 11) is 0. The molecular weight excluding hydrogens is 150 g/mol. The maximum absolute atomic E-state index is 8.48. The van der Waals surface area contributed by atoms with E-state index in [1.165, 1.54) is 0 Å². The molecule has 0 aromatic carbocycles. The van der Waals surface area contributed by atoms with Crippen LogP contribution in [0, 0.1) is 0 Å². The van der Waals surface area contributed by atoms with Crippen LogP contribution in [0.25, 0.3) is 0 Å². The van der Waals surface area contributed by atoms with Crippen molar-refractivity contribution in [3.8, 4) is 0 Å². The SMILES string of the molecule is O.OCCN(CCO)CCO. The second-order valence-corrected chi connectivity index (χ2v) is 2.01. The van der Waals surface area contributed by atoms with Crippen molar-refractivity contribution in [2.24, 2.45) is 0 Å². The largest absolute Gasteiger partial charge is 0.412 e. The van der Waals surface area contributed by atoms with Gasteiger partial charge in [-0.1, -0.05) is 0 Å². The van der Waals surface area contributed by atoms with Crippen LogP contribution in [0.5, 0.6) is 0 Å². The standard InChI is InChI=1S/C6H15NO3.H2O/c8-4-1-7(2-5-9)3-6-10;/h8-10H,1-6H2;1H2. The van der Waals surface area contributed by atoms with Crippen molar-refractivity contribution >= 4 is 0 Å². The van der Waals surface area contributed by atoms with E-state index >= 15 is 0 Å². The fourth-order valence-electron chi connectivity index (χ4n) is 0.760. The predicted molar refractivity (Wildman–Crippen MR) is 41.3 cm³/mol. The van der Waals surface area contributed by atoms with Crippen molar-refractivity contribution in [2.45, 2.75) is 0 Å². The maximum Gasteiger partial charge on any atom is 0.0558 e. The Balaban J connectivity index is 0. The summed E-state index contributed by atoms with van der Waals surface area (Å²) < 4.78 is 0. The molecule has 11 heavy (non-hydrogen) atoms. The zero-order valence-corrected chi connectivity index (χ0v) is 6.53. The molecule has 0 spiro atoms. The van der Waals surface area contributed by atoms with Gasteiger partial charge >= 0.3 is 0 Å². The van der Waals surface area contributed by atoms with Crippen LogP contribution in [-0.4, -0.2) is 65.2 Å². The molecule has 5 N–H and O–H groups in total. The van der Waals surface area contributed by atoms with Gasteiger partial charge in [-0.3, -0.25) is 4.90 Å². The second kappa shape index (κ2) is 9.80.